The molecule has 1 amide bonds. The maximum Gasteiger partial charge on any atom is 0.227 e. The minimum atomic E-state index is -0.457. The molecule has 1 aromatic rings. The molecular formula is C12H17FN2O2S. The molecule has 0 aliphatic heterocycles. The Hall–Kier alpha value is -1.11. The number of amides is 1. The predicted octanol–water partition coefficient (Wildman–Crippen LogP) is 1.14. The summed E-state index contributed by atoms with van der Waals surface area (Å²) in [5.41, 5.74) is 5.88. The van der Waals surface area contributed by atoms with Crippen LogP contribution in [-0.4, -0.2) is 31.9 Å². The van der Waals surface area contributed by atoms with Gasteiger partial charge in [0.1, 0.15) is 5.82 Å². The fourth-order valence-corrected chi connectivity index (χ4v) is 2.21. The first-order valence-corrected chi connectivity index (χ1v) is 6.52. The molecule has 0 aliphatic carbocycles. The zero-order chi connectivity index (χ0) is 13.4. The first-order valence-electron chi connectivity index (χ1n) is 5.53. The van der Waals surface area contributed by atoms with Crippen LogP contribution in [0.4, 0.5) is 4.39 Å². The maximum absolute atomic E-state index is 13.7. The van der Waals surface area contributed by atoms with Gasteiger partial charge in [-0.1, -0.05) is 12.1 Å². The fourth-order valence-electron chi connectivity index (χ4n) is 1.39. The number of rotatable bonds is 8. The second-order valence-electron chi connectivity index (χ2n) is 3.65. The third-order valence-electron chi connectivity index (χ3n) is 2.21. The van der Waals surface area contributed by atoms with E-state index >= 15 is 0 Å². The van der Waals surface area contributed by atoms with Crippen molar-refractivity contribution in [3.05, 3.63) is 29.6 Å². The van der Waals surface area contributed by atoms with Crippen LogP contribution >= 0.6 is 11.8 Å². The van der Waals surface area contributed by atoms with Gasteiger partial charge in [-0.2, -0.15) is 0 Å². The van der Waals surface area contributed by atoms with Gasteiger partial charge >= 0.3 is 0 Å². The minimum Gasteiger partial charge on any atom is -0.383 e. The number of hydrogen-bond donors (Lipinski definition) is 2. The maximum atomic E-state index is 13.7. The number of halogens is 1. The van der Waals surface area contributed by atoms with Gasteiger partial charge in [-0.05, 0) is 11.6 Å². The van der Waals surface area contributed by atoms with Crippen LogP contribution < -0.4 is 11.1 Å². The fraction of sp³-hybridized carbons (Fsp3) is 0.417. The predicted molar refractivity (Wildman–Crippen MR) is 69.9 cm³/mol. The largest absolute Gasteiger partial charge is 0.383 e. The van der Waals surface area contributed by atoms with Crippen LogP contribution in [0.5, 0.6) is 0 Å². The first-order chi connectivity index (χ1) is 8.65. The minimum absolute atomic E-state index is 0.0754. The van der Waals surface area contributed by atoms with E-state index in [1.807, 2.05) is 6.07 Å². The summed E-state index contributed by atoms with van der Waals surface area (Å²) in [7, 11) is 1.62. The summed E-state index contributed by atoms with van der Waals surface area (Å²) in [5, 5.41) is 3.14. The summed E-state index contributed by atoms with van der Waals surface area (Å²) in [4.78, 5) is 11.2. The first kappa shape index (κ1) is 14.9. The van der Waals surface area contributed by atoms with Gasteiger partial charge in [-0.3, -0.25) is 4.79 Å². The Balaban J connectivity index is 2.64. The topological polar surface area (TPSA) is 64.3 Å². The summed E-state index contributed by atoms with van der Waals surface area (Å²) in [5.74, 6) is -0.708. The number of primary amides is 1. The summed E-state index contributed by atoms with van der Waals surface area (Å²) >= 11 is 1.12. The monoisotopic (exact) mass is 272 g/mol. The Bertz CT molecular complexity index is 402. The number of methoxy groups -OCH3 is 1. The van der Waals surface area contributed by atoms with Crippen LogP contribution in [0.3, 0.4) is 0 Å². The van der Waals surface area contributed by atoms with Crippen molar-refractivity contribution >= 4 is 17.7 Å². The van der Waals surface area contributed by atoms with Crippen LogP contribution in [0, 0.1) is 5.82 Å². The van der Waals surface area contributed by atoms with Crippen LogP contribution in [0.25, 0.3) is 0 Å². The highest BCUT2D eigenvalue weighted by atomic mass is 32.2. The van der Waals surface area contributed by atoms with E-state index in [4.69, 9.17) is 10.5 Å². The highest BCUT2D eigenvalue weighted by molar-refractivity contribution is 8.00. The molecule has 0 aromatic heterocycles. The normalized spacial score (nSPS) is 10.6. The lowest BCUT2D eigenvalue weighted by Gasteiger charge is -2.10. The molecule has 0 aliphatic rings. The average molecular weight is 272 g/mol. The molecule has 0 spiro atoms. The molecule has 4 nitrogen and oxygen atoms in total. The van der Waals surface area contributed by atoms with E-state index in [2.05, 4.69) is 5.32 Å². The number of hydrogen-bond acceptors (Lipinski definition) is 4. The van der Waals surface area contributed by atoms with Gasteiger partial charge in [0.25, 0.3) is 0 Å². The van der Waals surface area contributed by atoms with Crippen LogP contribution in [0.2, 0.25) is 0 Å². The third kappa shape index (κ3) is 5.03. The highest BCUT2D eigenvalue weighted by Crippen LogP contribution is 2.25. The Labute approximate surface area is 110 Å². The van der Waals surface area contributed by atoms with Crippen molar-refractivity contribution < 1.29 is 13.9 Å². The quantitative estimate of drug-likeness (QED) is 0.550. The summed E-state index contributed by atoms with van der Waals surface area (Å²) in [6.45, 7) is 1.81. The van der Waals surface area contributed by atoms with E-state index in [0.29, 0.717) is 24.6 Å². The van der Waals surface area contributed by atoms with Crippen molar-refractivity contribution in [2.24, 2.45) is 5.73 Å². The second kappa shape index (κ2) is 8.07. The van der Waals surface area contributed by atoms with Gasteiger partial charge < -0.3 is 15.8 Å². The van der Waals surface area contributed by atoms with Gasteiger partial charge in [0.15, 0.2) is 0 Å². The van der Waals surface area contributed by atoms with E-state index in [0.717, 1.165) is 17.3 Å². The molecule has 0 radical (unpaired) electrons. The number of thioether (sulfide) groups is 1. The number of carbonyl (C=O) groups is 1. The van der Waals surface area contributed by atoms with Gasteiger partial charge in [0, 0.05) is 25.1 Å². The van der Waals surface area contributed by atoms with Crippen molar-refractivity contribution in [3.63, 3.8) is 0 Å². The Kier molecular flexibility index (Phi) is 6.70. The van der Waals surface area contributed by atoms with Crippen molar-refractivity contribution in [1.29, 1.82) is 0 Å². The summed E-state index contributed by atoms with van der Waals surface area (Å²) in [6, 6.07) is 4.85. The molecule has 6 heteroatoms. The summed E-state index contributed by atoms with van der Waals surface area (Å²) < 4.78 is 18.6. The lowest BCUT2D eigenvalue weighted by Crippen LogP contribution is -2.19. The molecule has 3 N–H and O–H groups in total. The van der Waals surface area contributed by atoms with E-state index in [-0.39, 0.29) is 11.6 Å². The van der Waals surface area contributed by atoms with Crippen LogP contribution in [0.15, 0.2) is 23.1 Å². The lowest BCUT2D eigenvalue weighted by atomic mass is 10.2. The highest BCUT2D eigenvalue weighted by Gasteiger charge is 2.09. The van der Waals surface area contributed by atoms with Crippen LogP contribution in [0.1, 0.15) is 5.56 Å². The molecular weight excluding hydrogens is 255 g/mol. The molecule has 0 unspecified atom stereocenters. The Morgan fingerprint density at radius 1 is 1.56 bits per heavy atom. The zero-order valence-corrected chi connectivity index (χ0v) is 11.1. The molecule has 18 heavy (non-hydrogen) atoms. The van der Waals surface area contributed by atoms with Crippen molar-refractivity contribution in [1.82, 2.24) is 5.32 Å². The standard InChI is InChI=1S/C12H17FN2O2S/c1-17-6-5-15-7-9-3-2-4-10(13)12(9)18-8-11(14)16/h2-4,15H,5-8H2,1H3,(H2,14,16). The van der Waals surface area contributed by atoms with Crippen molar-refractivity contribution in [2.45, 2.75) is 11.4 Å². The Morgan fingerprint density at radius 2 is 2.33 bits per heavy atom. The van der Waals surface area contributed by atoms with Crippen molar-refractivity contribution in [2.75, 3.05) is 26.0 Å². The number of carbonyl (C=O) groups excluding carboxylic acids is 1. The number of nitrogens with two attached hydrogens (primary N) is 1. The van der Waals surface area contributed by atoms with Gasteiger partial charge in [-0.15, -0.1) is 11.8 Å². The zero-order valence-electron chi connectivity index (χ0n) is 10.2. The Morgan fingerprint density at radius 3 is 3.00 bits per heavy atom. The SMILES string of the molecule is COCCNCc1cccc(F)c1SCC(N)=O. The molecule has 0 atom stereocenters. The lowest BCUT2D eigenvalue weighted by molar-refractivity contribution is -0.115. The molecule has 0 fully saturated rings. The molecule has 1 aromatic carbocycles. The van der Waals surface area contributed by atoms with Gasteiger partial charge in [0.2, 0.25) is 5.91 Å². The van der Waals surface area contributed by atoms with Crippen LogP contribution in [-0.2, 0) is 16.1 Å². The second-order valence-corrected chi connectivity index (χ2v) is 4.64. The molecule has 0 saturated carbocycles. The van der Waals surface area contributed by atoms with Gasteiger partial charge in [-0.25, -0.2) is 4.39 Å². The van der Waals surface area contributed by atoms with E-state index < -0.39 is 5.91 Å². The molecule has 0 bridgehead atoms. The average Bonchev–Trinajstić information content (AvgIpc) is 2.33. The van der Waals surface area contributed by atoms with E-state index in [1.54, 1.807) is 13.2 Å². The number of ether oxygens (including phenoxy) is 1. The molecule has 100 valence electrons. The van der Waals surface area contributed by atoms with E-state index in [9.17, 15) is 9.18 Å². The summed E-state index contributed by atoms with van der Waals surface area (Å²) in [6.07, 6.45) is 0. The number of nitrogens with one attached hydrogen (secondary N) is 1. The van der Waals surface area contributed by atoms with Crippen molar-refractivity contribution in [3.8, 4) is 0 Å². The van der Waals surface area contributed by atoms with Gasteiger partial charge in [0.05, 0.1) is 12.4 Å². The number of benzene rings is 1. The molecule has 1 rings (SSSR count). The third-order valence-corrected chi connectivity index (χ3v) is 3.38. The smallest absolute Gasteiger partial charge is 0.227 e. The molecule has 0 heterocycles. The molecule has 0 saturated heterocycles. The van der Waals surface area contributed by atoms with E-state index in [1.165, 1.54) is 6.07 Å².